The second kappa shape index (κ2) is 5.67. The average molecular weight is 280 g/mol. The minimum Gasteiger partial charge on any atom is -0.359 e. The van der Waals surface area contributed by atoms with E-state index in [1.54, 1.807) is 0 Å². The molecule has 3 atom stereocenters. The Morgan fingerprint density at radius 3 is 2.74 bits per heavy atom. The molecule has 3 heteroatoms. The van der Waals surface area contributed by atoms with Crippen LogP contribution in [0.5, 0.6) is 0 Å². The summed E-state index contributed by atoms with van der Waals surface area (Å²) in [5.74, 6) is 2.94. The van der Waals surface area contributed by atoms with Gasteiger partial charge in [-0.05, 0) is 37.5 Å². The van der Waals surface area contributed by atoms with Gasteiger partial charge in [0.2, 0.25) is 0 Å². The third-order valence-electron chi connectivity index (χ3n) is 5.66. The molecular formula is C16H28N2S. The van der Waals surface area contributed by atoms with Gasteiger partial charge < -0.3 is 5.32 Å². The highest BCUT2D eigenvalue weighted by Gasteiger charge is 2.39. The summed E-state index contributed by atoms with van der Waals surface area (Å²) in [7, 11) is 0. The molecule has 2 nitrogen and oxygen atoms in total. The lowest BCUT2D eigenvalue weighted by Gasteiger charge is -2.32. The second-order valence-corrected chi connectivity index (χ2v) is 7.83. The molecule has 3 aliphatic rings. The van der Waals surface area contributed by atoms with Crippen molar-refractivity contribution in [3.05, 3.63) is 0 Å². The van der Waals surface area contributed by atoms with Crippen molar-refractivity contribution < 1.29 is 0 Å². The number of nitrogens with one attached hydrogen (secondary N) is 1. The van der Waals surface area contributed by atoms with Crippen molar-refractivity contribution >= 4 is 16.9 Å². The van der Waals surface area contributed by atoms with Crippen molar-refractivity contribution in [1.82, 2.24) is 5.32 Å². The van der Waals surface area contributed by atoms with Gasteiger partial charge in [0, 0.05) is 11.3 Å². The zero-order valence-corrected chi connectivity index (χ0v) is 13.3. The molecule has 1 saturated heterocycles. The maximum atomic E-state index is 5.07. The zero-order chi connectivity index (χ0) is 13.3. The molecule has 2 saturated carbocycles. The van der Waals surface area contributed by atoms with E-state index >= 15 is 0 Å². The molecule has 0 radical (unpaired) electrons. The van der Waals surface area contributed by atoms with Crippen LogP contribution in [0.25, 0.3) is 0 Å². The summed E-state index contributed by atoms with van der Waals surface area (Å²) in [6.45, 7) is 4.74. The molecule has 1 N–H and O–H groups in total. The smallest absolute Gasteiger partial charge is 0.157 e. The molecule has 3 unspecified atom stereocenters. The maximum absolute atomic E-state index is 5.07. The summed E-state index contributed by atoms with van der Waals surface area (Å²) in [4.78, 5) is 5.07. The van der Waals surface area contributed by atoms with E-state index in [9.17, 15) is 0 Å². The summed E-state index contributed by atoms with van der Waals surface area (Å²) >= 11 is 1.98. The van der Waals surface area contributed by atoms with E-state index in [0.29, 0.717) is 11.6 Å². The highest BCUT2D eigenvalue weighted by Crippen LogP contribution is 2.39. The van der Waals surface area contributed by atoms with E-state index in [-0.39, 0.29) is 0 Å². The molecule has 1 aliphatic heterocycles. The lowest BCUT2D eigenvalue weighted by atomic mass is 9.83. The highest BCUT2D eigenvalue weighted by molar-refractivity contribution is 8.14. The first kappa shape index (κ1) is 13.8. The van der Waals surface area contributed by atoms with E-state index in [4.69, 9.17) is 4.99 Å². The first-order valence-electron chi connectivity index (χ1n) is 8.21. The van der Waals surface area contributed by atoms with Crippen molar-refractivity contribution in [2.75, 3.05) is 5.75 Å². The number of amidine groups is 1. The monoisotopic (exact) mass is 280 g/mol. The van der Waals surface area contributed by atoms with Crippen LogP contribution in [0.15, 0.2) is 4.99 Å². The predicted octanol–water partition coefficient (Wildman–Crippen LogP) is 4.21. The van der Waals surface area contributed by atoms with Crippen LogP contribution in [-0.2, 0) is 0 Å². The predicted molar refractivity (Wildman–Crippen MR) is 84.8 cm³/mol. The van der Waals surface area contributed by atoms with E-state index in [0.717, 1.165) is 11.8 Å². The second-order valence-electron chi connectivity index (χ2n) is 6.86. The van der Waals surface area contributed by atoms with Crippen molar-refractivity contribution in [1.29, 1.82) is 0 Å². The van der Waals surface area contributed by atoms with Gasteiger partial charge in [0.1, 0.15) is 0 Å². The van der Waals surface area contributed by atoms with Crippen LogP contribution in [0.4, 0.5) is 0 Å². The minimum atomic E-state index is 0.410. The SMILES string of the molecule is CCC1CCC(N=C2NC3(CCCCC3)CS2)C1C. The topological polar surface area (TPSA) is 24.4 Å². The number of hydrogen-bond donors (Lipinski definition) is 1. The number of hydrogen-bond acceptors (Lipinski definition) is 2. The molecule has 19 heavy (non-hydrogen) atoms. The van der Waals surface area contributed by atoms with Crippen LogP contribution < -0.4 is 5.32 Å². The molecule has 3 rings (SSSR count). The Hall–Kier alpha value is -0.180. The first-order chi connectivity index (χ1) is 9.22. The minimum absolute atomic E-state index is 0.410. The third kappa shape index (κ3) is 2.81. The molecule has 0 bridgehead atoms. The highest BCUT2D eigenvalue weighted by atomic mass is 32.2. The lowest BCUT2D eigenvalue weighted by molar-refractivity contribution is 0.303. The molecule has 3 fully saturated rings. The van der Waals surface area contributed by atoms with Crippen LogP contribution in [0.3, 0.4) is 0 Å². The van der Waals surface area contributed by atoms with Crippen LogP contribution in [0.1, 0.15) is 65.2 Å². The van der Waals surface area contributed by atoms with Gasteiger partial charge in [-0.3, -0.25) is 4.99 Å². The van der Waals surface area contributed by atoms with Crippen molar-refractivity contribution in [2.24, 2.45) is 16.8 Å². The molecule has 2 aliphatic carbocycles. The van der Waals surface area contributed by atoms with E-state index in [1.807, 2.05) is 11.8 Å². The van der Waals surface area contributed by atoms with Gasteiger partial charge in [-0.25, -0.2) is 0 Å². The van der Waals surface area contributed by atoms with Crippen LogP contribution in [0, 0.1) is 11.8 Å². The van der Waals surface area contributed by atoms with Crippen LogP contribution >= 0.6 is 11.8 Å². The van der Waals surface area contributed by atoms with Crippen LogP contribution in [-0.4, -0.2) is 22.5 Å². The summed E-state index contributed by atoms with van der Waals surface area (Å²) in [6.07, 6.45) is 11.0. The standard InChI is InChI=1S/C16H28N2S/c1-3-13-7-8-14(12(13)2)17-15-18-16(11-19-15)9-5-4-6-10-16/h12-14H,3-11H2,1-2H3,(H,17,18). The zero-order valence-electron chi connectivity index (χ0n) is 12.5. The number of thioether (sulfide) groups is 1. The van der Waals surface area contributed by atoms with Crippen molar-refractivity contribution in [3.63, 3.8) is 0 Å². The number of rotatable bonds is 2. The molecule has 1 spiro atoms. The van der Waals surface area contributed by atoms with Gasteiger partial charge in [0.25, 0.3) is 0 Å². The molecule has 0 amide bonds. The summed E-state index contributed by atoms with van der Waals surface area (Å²) in [5, 5.41) is 5.06. The van der Waals surface area contributed by atoms with Gasteiger partial charge >= 0.3 is 0 Å². The summed E-state index contributed by atoms with van der Waals surface area (Å²) in [5.41, 5.74) is 0.410. The van der Waals surface area contributed by atoms with Gasteiger partial charge in [-0.1, -0.05) is 51.3 Å². The fourth-order valence-electron chi connectivity index (χ4n) is 4.21. The van der Waals surface area contributed by atoms with Crippen LogP contribution in [0.2, 0.25) is 0 Å². The first-order valence-corrected chi connectivity index (χ1v) is 9.20. The van der Waals surface area contributed by atoms with Gasteiger partial charge in [0.05, 0.1) is 6.04 Å². The number of nitrogens with zero attached hydrogens (tertiary/aromatic N) is 1. The van der Waals surface area contributed by atoms with E-state index in [1.165, 1.54) is 62.3 Å². The van der Waals surface area contributed by atoms with Crippen molar-refractivity contribution in [2.45, 2.75) is 76.8 Å². The van der Waals surface area contributed by atoms with Gasteiger partial charge in [-0.2, -0.15) is 0 Å². The van der Waals surface area contributed by atoms with Crippen molar-refractivity contribution in [3.8, 4) is 0 Å². The Morgan fingerprint density at radius 2 is 2.05 bits per heavy atom. The summed E-state index contributed by atoms with van der Waals surface area (Å²) in [6, 6.07) is 0.582. The Balaban J connectivity index is 1.63. The molecule has 1 heterocycles. The quantitative estimate of drug-likeness (QED) is 0.819. The largest absolute Gasteiger partial charge is 0.359 e. The maximum Gasteiger partial charge on any atom is 0.157 e. The average Bonchev–Trinajstić information content (AvgIpc) is 2.97. The fourth-order valence-corrected chi connectivity index (χ4v) is 5.48. The molecular weight excluding hydrogens is 252 g/mol. The normalized spacial score (nSPS) is 39.9. The molecule has 0 aromatic rings. The fraction of sp³-hybridized carbons (Fsp3) is 0.938. The summed E-state index contributed by atoms with van der Waals surface area (Å²) < 4.78 is 0. The molecule has 0 aromatic heterocycles. The van der Waals surface area contributed by atoms with Gasteiger partial charge in [-0.15, -0.1) is 0 Å². The molecule has 0 aromatic carbocycles. The number of aliphatic imine (C=N–C) groups is 1. The van der Waals surface area contributed by atoms with E-state index in [2.05, 4.69) is 19.2 Å². The lowest BCUT2D eigenvalue weighted by Crippen LogP contribution is -2.45. The Labute approximate surface area is 122 Å². The Kier molecular flexibility index (Phi) is 4.11. The third-order valence-corrected chi connectivity index (χ3v) is 6.84. The van der Waals surface area contributed by atoms with E-state index < -0.39 is 0 Å². The Bertz CT molecular complexity index is 347. The molecule has 108 valence electrons. The van der Waals surface area contributed by atoms with Gasteiger partial charge in [0.15, 0.2) is 5.17 Å². The Morgan fingerprint density at radius 1 is 1.26 bits per heavy atom.